The van der Waals surface area contributed by atoms with E-state index in [-0.39, 0.29) is 38.7 Å². The van der Waals surface area contributed by atoms with Crippen LogP contribution in [0, 0.1) is 91.9 Å². The molecule has 0 saturated carbocycles. The molecule has 0 aliphatic carbocycles. The van der Waals surface area contributed by atoms with E-state index in [2.05, 4.69) is 147 Å². The number of pyridine rings is 1. The summed E-state index contributed by atoms with van der Waals surface area (Å²) in [5, 5.41) is 72.6. The van der Waals surface area contributed by atoms with Gasteiger partial charge in [-0.25, -0.2) is 9.67 Å². The van der Waals surface area contributed by atoms with E-state index in [4.69, 9.17) is 36.9 Å². The lowest BCUT2D eigenvalue weighted by atomic mass is 9.90. The maximum absolute atomic E-state index is 10.8. The predicted molar refractivity (Wildman–Crippen MR) is 312 cm³/mol. The summed E-state index contributed by atoms with van der Waals surface area (Å²) in [4.78, 5) is 16.7. The van der Waals surface area contributed by atoms with E-state index in [1.54, 1.807) is 7.05 Å². The molecule has 0 saturated heterocycles. The summed E-state index contributed by atoms with van der Waals surface area (Å²) in [7, 11) is 3.74. The Kier molecular flexibility index (Phi) is 16.3. The molecular weight excluding hydrogens is 1020 g/mol. The molecule has 0 unspecified atom stereocenters. The highest BCUT2D eigenvalue weighted by Crippen LogP contribution is 2.42. The lowest BCUT2D eigenvalue weighted by Crippen LogP contribution is -2.15. The molecule has 400 valence electrons. The summed E-state index contributed by atoms with van der Waals surface area (Å²) in [6, 6.07) is 19.3. The Morgan fingerprint density at radius 3 is 1.77 bits per heavy atom. The van der Waals surface area contributed by atoms with Crippen molar-refractivity contribution >= 4 is 92.2 Å². The van der Waals surface area contributed by atoms with Crippen LogP contribution in [0.2, 0.25) is 0 Å². The Morgan fingerprint density at radius 1 is 0.667 bits per heavy atom. The van der Waals surface area contributed by atoms with Gasteiger partial charge in [0, 0.05) is 49.0 Å². The summed E-state index contributed by atoms with van der Waals surface area (Å²) in [5.74, 6) is 2.87. The molecule has 0 bridgehead atoms. The minimum Gasteiger partial charge on any atom is -0.368 e. The van der Waals surface area contributed by atoms with E-state index < -0.39 is 5.41 Å². The molecule has 8 aromatic rings. The van der Waals surface area contributed by atoms with Gasteiger partial charge in [-0.3, -0.25) is 0 Å². The van der Waals surface area contributed by atoms with Crippen molar-refractivity contribution in [3.63, 3.8) is 0 Å². The van der Waals surface area contributed by atoms with Gasteiger partial charge in [0.15, 0.2) is 29.0 Å². The summed E-state index contributed by atoms with van der Waals surface area (Å²) < 4.78 is 2.86. The molecule has 5 aromatic heterocycles. The van der Waals surface area contributed by atoms with Crippen molar-refractivity contribution in [2.24, 2.45) is 20.5 Å². The van der Waals surface area contributed by atoms with Crippen molar-refractivity contribution in [3.05, 3.63) is 121 Å². The van der Waals surface area contributed by atoms with Gasteiger partial charge in [-0.05, 0) is 121 Å². The number of benzene rings is 3. The van der Waals surface area contributed by atoms with Crippen LogP contribution >= 0.6 is 22.9 Å². The molecule has 0 fully saturated rings. The van der Waals surface area contributed by atoms with Gasteiger partial charge in [0.2, 0.25) is 22.0 Å². The highest BCUT2D eigenvalue weighted by Gasteiger charge is 2.30. The Hall–Kier alpha value is -8.66. The molecule has 0 spiro atoms. The van der Waals surface area contributed by atoms with Crippen LogP contribution in [-0.4, -0.2) is 71.2 Å². The van der Waals surface area contributed by atoms with E-state index in [1.807, 2.05) is 61.6 Å². The van der Waals surface area contributed by atoms with Crippen molar-refractivity contribution in [2.75, 3.05) is 52.7 Å². The van der Waals surface area contributed by atoms with Crippen LogP contribution in [0.4, 0.5) is 69.3 Å². The highest BCUT2D eigenvalue weighted by atomic mass is 35.5. The number of hydrogen-bond acceptors (Lipinski definition) is 19. The van der Waals surface area contributed by atoms with Crippen molar-refractivity contribution in [2.45, 2.75) is 102 Å². The fraction of sp³-hybridized carbons (Fsp3) is 0.339. The standard InChI is InChI=1S/C56H63ClN20S/c1-29-19-32(4)42(33(5)20-29)63-50-44(36(8)25-41(62-50)75(15)46-37(9)23-31(3)24-38(46)10)67-70-52-40(27-59)47(56(11,12)13)73-77(52)55-72-71-54(78-55)76-28-39(26-58)48(74-76)69-68-45-49(61-18-16-17-57)65-53(60-14)66-51(45)64-43-34(6)21-30(2)22-35(43)7/h19-25,28H,16-18H2,1-15H3,(H,62,63)(H3,60,61,64,65,66). The van der Waals surface area contributed by atoms with Gasteiger partial charge in [0.25, 0.3) is 0 Å². The average molecular weight is 1080 g/mol. The Labute approximate surface area is 463 Å². The zero-order chi connectivity index (χ0) is 56.3. The lowest BCUT2D eigenvalue weighted by Gasteiger charge is -2.25. The van der Waals surface area contributed by atoms with Crippen LogP contribution in [0.3, 0.4) is 0 Å². The number of hydrogen-bond donors (Lipinski definition) is 4. The molecule has 3 aromatic carbocycles. The first-order valence-electron chi connectivity index (χ1n) is 25.3. The van der Waals surface area contributed by atoms with Crippen molar-refractivity contribution in [1.82, 2.24) is 44.7 Å². The monoisotopic (exact) mass is 1080 g/mol. The van der Waals surface area contributed by atoms with Gasteiger partial charge in [-0.1, -0.05) is 85.2 Å². The Bertz CT molecular complexity index is 3680. The van der Waals surface area contributed by atoms with Gasteiger partial charge in [0.05, 0.1) is 11.9 Å². The molecule has 78 heavy (non-hydrogen) atoms. The van der Waals surface area contributed by atoms with Crippen LogP contribution in [0.15, 0.2) is 69.1 Å². The number of rotatable bonds is 17. The van der Waals surface area contributed by atoms with Gasteiger partial charge >= 0.3 is 0 Å². The molecule has 0 radical (unpaired) electrons. The van der Waals surface area contributed by atoms with Gasteiger partial charge in [-0.15, -0.1) is 47.4 Å². The fourth-order valence-corrected chi connectivity index (χ4v) is 10.3. The largest absolute Gasteiger partial charge is 0.368 e. The second-order valence-electron chi connectivity index (χ2n) is 20.4. The van der Waals surface area contributed by atoms with E-state index in [0.29, 0.717) is 59.4 Å². The Morgan fingerprint density at radius 2 is 1.22 bits per heavy atom. The predicted octanol–water partition coefficient (Wildman–Crippen LogP) is 14.4. The van der Waals surface area contributed by atoms with Crippen LogP contribution in [0.5, 0.6) is 0 Å². The third-order valence-corrected chi connectivity index (χ3v) is 14.0. The highest BCUT2D eigenvalue weighted by molar-refractivity contribution is 7.16. The zero-order valence-electron chi connectivity index (χ0n) is 46.7. The fourth-order valence-electron chi connectivity index (χ4n) is 9.45. The number of alkyl halides is 1. The second kappa shape index (κ2) is 22.9. The third-order valence-electron chi connectivity index (χ3n) is 12.8. The van der Waals surface area contributed by atoms with Gasteiger partial charge in [-0.2, -0.15) is 30.3 Å². The topological polar surface area (TPSA) is 248 Å². The molecule has 0 amide bonds. The van der Waals surface area contributed by atoms with Crippen molar-refractivity contribution < 1.29 is 0 Å². The maximum atomic E-state index is 10.8. The molecule has 20 nitrogen and oxygen atoms in total. The number of aromatic nitrogens is 9. The van der Waals surface area contributed by atoms with E-state index >= 15 is 0 Å². The lowest BCUT2D eigenvalue weighted by molar-refractivity contribution is 0.558. The summed E-state index contributed by atoms with van der Waals surface area (Å²) in [5.41, 5.74) is 14.4. The van der Waals surface area contributed by atoms with Crippen LogP contribution in [0.25, 0.3) is 10.3 Å². The average Bonchev–Trinajstić information content (AvgIpc) is 4.20. The molecule has 0 aliphatic heterocycles. The zero-order valence-corrected chi connectivity index (χ0v) is 48.3. The number of nitrogens with zero attached hydrogens (tertiary/aromatic N) is 16. The van der Waals surface area contributed by atoms with E-state index in [1.165, 1.54) is 21.1 Å². The van der Waals surface area contributed by atoms with E-state index in [9.17, 15) is 10.5 Å². The quantitative estimate of drug-likeness (QED) is 0.0376. The minimum atomic E-state index is -0.591. The maximum Gasteiger partial charge on any atom is 0.236 e. The van der Waals surface area contributed by atoms with Crippen molar-refractivity contribution in [3.8, 4) is 22.4 Å². The molecule has 8 rings (SSSR count). The molecule has 5 heterocycles. The number of anilines is 8. The third kappa shape index (κ3) is 11.7. The van der Waals surface area contributed by atoms with Gasteiger partial charge in [0.1, 0.15) is 34.8 Å². The SMILES string of the molecule is CNc1nc(NCCCCl)c(N=Nc2nn(-c3nnc(-n4nc(C(C)(C)C)c(C#N)c4N=Nc4c(C)cc(N(C)c5c(C)cc(C)cc5C)nc4Nc4c(C)cc(C)cc4C)s3)cc2C#N)c(Nc2c(C)cc(C)cc2C)n1. The first-order valence-corrected chi connectivity index (χ1v) is 26.6. The smallest absolute Gasteiger partial charge is 0.236 e. The Balaban J connectivity index is 1.20. The molecule has 22 heteroatoms. The summed E-state index contributed by atoms with van der Waals surface area (Å²) >= 11 is 7.16. The van der Waals surface area contributed by atoms with Crippen LogP contribution in [-0.2, 0) is 5.41 Å². The molecule has 4 N–H and O–H groups in total. The molecular formula is C56H63ClN20S. The van der Waals surface area contributed by atoms with Crippen molar-refractivity contribution in [1.29, 1.82) is 10.5 Å². The summed E-state index contributed by atoms with van der Waals surface area (Å²) in [6.45, 7) is 26.9. The number of azo groups is 2. The van der Waals surface area contributed by atoms with Crippen LogP contribution in [0.1, 0.15) is 99.6 Å². The normalized spacial score (nSPS) is 11.6. The number of nitrogens with one attached hydrogen (secondary N) is 4. The molecule has 0 aliphatic rings. The first-order chi connectivity index (χ1) is 37.1. The number of aryl methyl sites for hydroxylation is 10. The minimum absolute atomic E-state index is 0.00780. The van der Waals surface area contributed by atoms with Crippen LogP contribution < -0.4 is 26.2 Å². The number of nitriles is 2. The summed E-state index contributed by atoms with van der Waals surface area (Å²) in [6.07, 6.45) is 2.15. The first kappa shape index (κ1) is 55.6. The molecule has 0 atom stereocenters. The van der Waals surface area contributed by atoms with E-state index in [0.717, 1.165) is 78.5 Å². The van der Waals surface area contributed by atoms with Gasteiger partial charge < -0.3 is 26.2 Å². The second-order valence-corrected chi connectivity index (χ2v) is 21.7. The number of halogens is 1.